The first-order valence-corrected chi connectivity index (χ1v) is 12.7. The van der Waals surface area contributed by atoms with E-state index in [1.165, 1.54) is 12.1 Å². The van der Waals surface area contributed by atoms with Crippen LogP contribution in [0.15, 0.2) is 18.2 Å². The molecule has 2 fully saturated rings. The van der Waals surface area contributed by atoms with Crippen LogP contribution in [0, 0.1) is 12.7 Å². The Balaban J connectivity index is 1.20. The number of ether oxygens (including phenoxy) is 2. The summed E-state index contributed by atoms with van der Waals surface area (Å²) in [6, 6.07) is 4.51. The number of amides is 2. The Kier molecular flexibility index (Phi) is 7.25. The minimum Gasteiger partial charge on any atom is -0.490 e. The largest absolute Gasteiger partial charge is 0.490 e. The molecule has 0 radical (unpaired) electrons. The van der Waals surface area contributed by atoms with Crippen molar-refractivity contribution in [2.45, 2.75) is 57.8 Å². The topological polar surface area (TPSA) is 97.1 Å². The molecule has 0 spiro atoms. The second-order valence-corrected chi connectivity index (χ2v) is 9.82. The fourth-order valence-corrected chi connectivity index (χ4v) is 5.35. The molecule has 3 heterocycles. The van der Waals surface area contributed by atoms with Gasteiger partial charge in [-0.25, -0.2) is 4.39 Å². The van der Waals surface area contributed by atoms with Gasteiger partial charge in [0.25, 0.3) is 5.91 Å². The number of rotatable bonds is 6. The Labute approximate surface area is 209 Å². The van der Waals surface area contributed by atoms with Crippen molar-refractivity contribution in [3.05, 3.63) is 46.5 Å². The van der Waals surface area contributed by atoms with Crippen LogP contribution >= 0.6 is 0 Å². The molecular formula is C26H33FN4O5. The van der Waals surface area contributed by atoms with E-state index in [0.29, 0.717) is 57.1 Å². The third kappa shape index (κ3) is 5.10. The Morgan fingerprint density at radius 3 is 2.75 bits per heavy atom. The zero-order valence-corrected chi connectivity index (χ0v) is 20.6. The summed E-state index contributed by atoms with van der Waals surface area (Å²) in [6.45, 7) is 4.15. The molecule has 2 aromatic rings. The van der Waals surface area contributed by atoms with Crippen molar-refractivity contribution < 1.29 is 28.6 Å². The molecule has 2 amide bonds. The van der Waals surface area contributed by atoms with E-state index in [1.54, 1.807) is 15.6 Å². The number of carbonyl (C=O) groups is 2. The number of aliphatic hydroxyl groups excluding tert-OH is 1. The number of hydrogen-bond donors (Lipinski definition) is 1. The number of benzene rings is 1. The normalized spacial score (nSPS) is 20.5. The van der Waals surface area contributed by atoms with Gasteiger partial charge in [0.2, 0.25) is 5.91 Å². The second-order valence-electron chi connectivity index (χ2n) is 9.82. The van der Waals surface area contributed by atoms with Gasteiger partial charge < -0.3 is 24.4 Å². The van der Waals surface area contributed by atoms with Crippen molar-refractivity contribution >= 4 is 11.8 Å². The molecule has 36 heavy (non-hydrogen) atoms. The van der Waals surface area contributed by atoms with Crippen molar-refractivity contribution in [2.75, 3.05) is 39.4 Å². The fraction of sp³-hybridized carbons (Fsp3) is 0.577. The molecule has 3 aliphatic rings. The number of aliphatic hydroxyl groups is 1. The minimum absolute atomic E-state index is 0.0191. The summed E-state index contributed by atoms with van der Waals surface area (Å²) < 4.78 is 26.6. The monoisotopic (exact) mass is 500 g/mol. The SMILES string of the molecule is Cc1cc(F)ccc1OC1CCN(C(=O)Cn2nc(C(=O)N3CCO[C@H](CO)C3)c3c2CCC3)CC1. The lowest BCUT2D eigenvalue weighted by atomic mass is 10.1. The Bertz CT molecular complexity index is 1130. The minimum atomic E-state index is -0.377. The van der Waals surface area contributed by atoms with Crippen molar-refractivity contribution in [3.8, 4) is 5.75 Å². The zero-order chi connectivity index (χ0) is 25.2. The maximum atomic E-state index is 13.4. The first-order chi connectivity index (χ1) is 17.4. The number of likely N-dealkylation sites (tertiary alicyclic amines) is 1. The molecule has 0 saturated carbocycles. The maximum Gasteiger partial charge on any atom is 0.274 e. The lowest BCUT2D eigenvalue weighted by Crippen LogP contribution is -2.47. The summed E-state index contributed by atoms with van der Waals surface area (Å²) in [4.78, 5) is 29.9. The summed E-state index contributed by atoms with van der Waals surface area (Å²) in [5.41, 5.74) is 3.11. The molecular weight excluding hydrogens is 467 g/mol. The van der Waals surface area contributed by atoms with E-state index in [2.05, 4.69) is 5.10 Å². The zero-order valence-electron chi connectivity index (χ0n) is 20.6. The van der Waals surface area contributed by atoms with E-state index >= 15 is 0 Å². The van der Waals surface area contributed by atoms with Gasteiger partial charge in [-0.1, -0.05) is 0 Å². The molecule has 1 aromatic heterocycles. The van der Waals surface area contributed by atoms with E-state index in [9.17, 15) is 19.1 Å². The number of aromatic nitrogens is 2. The van der Waals surface area contributed by atoms with E-state index in [-0.39, 0.29) is 43.0 Å². The van der Waals surface area contributed by atoms with E-state index in [4.69, 9.17) is 9.47 Å². The molecule has 2 aliphatic heterocycles. The van der Waals surface area contributed by atoms with Crippen LogP contribution in [0.2, 0.25) is 0 Å². The summed E-state index contributed by atoms with van der Waals surface area (Å²) in [7, 11) is 0. The van der Waals surface area contributed by atoms with E-state index in [1.807, 2.05) is 11.8 Å². The molecule has 0 bridgehead atoms. The molecule has 2 saturated heterocycles. The van der Waals surface area contributed by atoms with Crippen molar-refractivity contribution in [1.82, 2.24) is 19.6 Å². The van der Waals surface area contributed by atoms with Crippen LogP contribution in [0.25, 0.3) is 0 Å². The van der Waals surface area contributed by atoms with Crippen LogP contribution in [0.4, 0.5) is 4.39 Å². The van der Waals surface area contributed by atoms with Gasteiger partial charge in [-0.2, -0.15) is 5.10 Å². The van der Waals surface area contributed by atoms with Gasteiger partial charge in [0, 0.05) is 50.3 Å². The smallest absolute Gasteiger partial charge is 0.274 e. The molecule has 5 rings (SSSR count). The average molecular weight is 501 g/mol. The third-order valence-corrected chi connectivity index (χ3v) is 7.35. The molecule has 1 N–H and O–H groups in total. The number of halogens is 1. The van der Waals surface area contributed by atoms with Crippen LogP contribution in [0.3, 0.4) is 0 Å². The van der Waals surface area contributed by atoms with Crippen molar-refractivity contribution in [3.63, 3.8) is 0 Å². The molecule has 194 valence electrons. The molecule has 10 heteroatoms. The lowest BCUT2D eigenvalue weighted by Gasteiger charge is -2.32. The number of hydrogen-bond acceptors (Lipinski definition) is 6. The predicted molar refractivity (Wildman–Crippen MR) is 128 cm³/mol. The van der Waals surface area contributed by atoms with E-state index in [0.717, 1.165) is 36.1 Å². The molecule has 1 aromatic carbocycles. The van der Waals surface area contributed by atoms with Gasteiger partial charge in [0.05, 0.1) is 19.3 Å². The Hall–Kier alpha value is -2.98. The summed E-state index contributed by atoms with van der Waals surface area (Å²) >= 11 is 0. The number of aryl methyl sites for hydroxylation is 1. The molecule has 9 nitrogen and oxygen atoms in total. The highest BCUT2D eigenvalue weighted by atomic mass is 19.1. The third-order valence-electron chi connectivity index (χ3n) is 7.35. The Morgan fingerprint density at radius 1 is 1.19 bits per heavy atom. The van der Waals surface area contributed by atoms with Crippen LogP contribution < -0.4 is 4.74 Å². The highest BCUT2D eigenvalue weighted by Crippen LogP contribution is 2.28. The van der Waals surface area contributed by atoms with Gasteiger partial charge in [-0.3, -0.25) is 14.3 Å². The predicted octanol–water partition coefficient (Wildman–Crippen LogP) is 1.72. The lowest BCUT2D eigenvalue weighted by molar-refractivity contribution is -0.133. The second kappa shape index (κ2) is 10.6. The van der Waals surface area contributed by atoms with Gasteiger partial charge in [0.15, 0.2) is 5.69 Å². The quantitative estimate of drug-likeness (QED) is 0.649. The van der Waals surface area contributed by atoms with E-state index < -0.39 is 0 Å². The maximum absolute atomic E-state index is 13.4. The van der Waals surface area contributed by atoms with Gasteiger partial charge in [0.1, 0.15) is 24.2 Å². The highest BCUT2D eigenvalue weighted by molar-refractivity contribution is 5.94. The Morgan fingerprint density at radius 2 is 2.00 bits per heavy atom. The number of nitrogens with zero attached hydrogens (tertiary/aromatic N) is 4. The molecule has 1 atom stereocenters. The number of morpholine rings is 1. The highest BCUT2D eigenvalue weighted by Gasteiger charge is 2.33. The van der Waals surface area contributed by atoms with Crippen LogP contribution in [-0.4, -0.2) is 88.1 Å². The van der Waals surface area contributed by atoms with Gasteiger partial charge in [-0.15, -0.1) is 0 Å². The first kappa shape index (κ1) is 24.7. The number of piperidine rings is 1. The molecule has 0 unspecified atom stereocenters. The van der Waals surface area contributed by atoms with Crippen molar-refractivity contribution in [2.24, 2.45) is 0 Å². The number of fused-ring (bicyclic) bond motifs is 1. The van der Waals surface area contributed by atoms with Crippen LogP contribution in [0.1, 0.15) is 46.6 Å². The first-order valence-electron chi connectivity index (χ1n) is 12.7. The van der Waals surface area contributed by atoms with Crippen LogP contribution in [-0.2, 0) is 28.9 Å². The fourth-order valence-electron chi connectivity index (χ4n) is 5.35. The summed E-state index contributed by atoms with van der Waals surface area (Å²) in [6.07, 6.45) is 3.53. The van der Waals surface area contributed by atoms with Gasteiger partial charge in [-0.05, 0) is 49.9 Å². The van der Waals surface area contributed by atoms with Crippen LogP contribution in [0.5, 0.6) is 5.75 Å². The molecule has 1 aliphatic carbocycles. The summed E-state index contributed by atoms with van der Waals surface area (Å²) in [5, 5.41) is 14.0. The standard InChI is InChI=1S/C26H33FN4O5/c1-17-13-18(27)5-6-23(17)36-19-7-9-29(10-8-19)24(33)15-31-22-4-2-3-21(22)25(28-31)26(34)30-11-12-35-20(14-30)16-32/h5-6,13,19-20,32H,2-4,7-12,14-16H2,1H3/t20-/m0/s1. The summed E-state index contributed by atoms with van der Waals surface area (Å²) in [5.74, 6) is 0.218. The average Bonchev–Trinajstić information content (AvgIpc) is 3.50. The van der Waals surface area contributed by atoms with Crippen molar-refractivity contribution in [1.29, 1.82) is 0 Å². The number of carbonyl (C=O) groups excluding carboxylic acids is 2. The van der Waals surface area contributed by atoms with Gasteiger partial charge >= 0.3 is 0 Å².